The zero-order valence-corrected chi connectivity index (χ0v) is 9.38. The van der Waals surface area contributed by atoms with E-state index in [0.717, 1.165) is 19.6 Å². The van der Waals surface area contributed by atoms with Crippen molar-refractivity contribution >= 4 is 5.69 Å². The SMILES string of the molecule is CCN(CC)c1ccccc1CNC. The molecule has 0 fully saturated rings. The topological polar surface area (TPSA) is 15.3 Å². The minimum Gasteiger partial charge on any atom is -0.372 e. The summed E-state index contributed by atoms with van der Waals surface area (Å²) >= 11 is 0. The summed E-state index contributed by atoms with van der Waals surface area (Å²) < 4.78 is 0. The minimum atomic E-state index is 0.937. The molecule has 0 amide bonds. The third-order valence-corrected chi connectivity index (χ3v) is 2.46. The highest BCUT2D eigenvalue weighted by atomic mass is 15.1. The van der Waals surface area contributed by atoms with Crippen molar-refractivity contribution in [2.75, 3.05) is 25.0 Å². The summed E-state index contributed by atoms with van der Waals surface area (Å²) in [5.74, 6) is 0. The van der Waals surface area contributed by atoms with E-state index in [1.165, 1.54) is 11.3 Å². The molecule has 0 unspecified atom stereocenters. The van der Waals surface area contributed by atoms with Gasteiger partial charge in [-0.3, -0.25) is 0 Å². The summed E-state index contributed by atoms with van der Waals surface area (Å²) in [6.45, 7) is 7.46. The van der Waals surface area contributed by atoms with E-state index in [1.54, 1.807) is 0 Å². The first-order chi connectivity index (χ1) is 6.83. The fourth-order valence-electron chi connectivity index (χ4n) is 1.72. The Labute approximate surface area is 86.9 Å². The molecule has 1 aromatic carbocycles. The number of hydrogen-bond donors (Lipinski definition) is 1. The highest BCUT2D eigenvalue weighted by Crippen LogP contribution is 2.19. The molecule has 0 aliphatic carbocycles. The molecule has 0 radical (unpaired) electrons. The molecule has 0 atom stereocenters. The van der Waals surface area contributed by atoms with E-state index in [9.17, 15) is 0 Å². The second kappa shape index (κ2) is 5.66. The lowest BCUT2D eigenvalue weighted by Gasteiger charge is -2.24. The summed E-state index contributed by atoms with van der Waals surface area (Å²) in [6, 6.07) is 8.58. The molecule has 1 N–H and O–H groups in total. The van der Waals surface area contributed by atoms with Crippen LogP contribution >= 0.6 is 0 Å². The third kappa shape index (κ3) is 2.48. The summed E-state index contributed by atoms with van der Waals surface area (Å²) in [7, 11) is 1.99. The van der Waals surface area contributed by atoms with E-state index < -0.39 is 0 Å². The minimum absolute atomic E-state index is 0.937. The van der Waals surface area contributed by atoms with Crippen molar-refractivity contribution in [2.24, 2.45) is 0 Å². The number of nitrogens with zero attached hydrogens (tertiary/aromatic N) is 1. The Morgan fingerprint density at radius 2 is 1.79 bits per heavy atom. The third-order valence-electron chi connectivity index (χ3n) is 2.46. The number of benzene rings is 1. The molecule has 78 valence electrons. The molecule has 0 aliphatic rings. The first-order valence-corrected chi connectivity index (χ1v) is 5.30. The molecule has 2 heteroatoms. The maximum Gasteiger partial charge on any atom is 0.0411 e. The summed E-state index contributed by atoms with van der Waals surface area (Å²) in [5.41, 5.74) is 2.73. The molecule has 0 saturated heterocycles. The zero-order chi connectivity index (χ0) is 10.4. The quantitative estimate of drug-likeness (QED) is 0.769. The van der Waals surface area contributed by atoms with Gasteiger partial charge in [0.2, 0.25) is 0 Å². The number of nitrogens with one attached hydrogen (secondary N) is 1. The second-order valence-electron chi connectivity index (χ2n) is 3.33. The van der Waals surface area contributed by atoms with E-state index >= 15 is 0 Å². The Bertz CT molecular complexity index is 267. The van der Waals surface area contributed by atoms with Gasteiger partial charge in [-0.05, 0) is 32.5 Å². The number of rotatable bonds is 5. The van der Waals surface area contributed by atoms with Gasteiger partial charge in [-0.25, -0.2) is 0 Å². The van der Waals surface area contributed by atoms with Crippen LogP contribution in [0.25, 0.3) is 0 Å². The predicted octanol–water partition coefficient (Wildman–Crippen LogP) is 2.25. The van der Waals surface area contributed by atoms with Crippen LogP contribution in [0.4, 0.5) is 5.69 Å². The van der Waals surface area contributed by atoms with Crippen LogP contribution < -0.4 is 10.2 Å². The normalized spacial score (nSPS) is 10.2. The molecule has 1 aromatic rings. The first-order valence-electron chi connectivity index (χ1n) is 5.30. The van der Waals surface area contributed by atoms with Crippen molar-refractivity contribution in [3.05, 3.63) is 29.8 Å². The van der Waals surface area contributed by atoms with E-state index in [4.69, 9.17) is 0 Å². The van der Waals surface area contributed by atoms with Crippen LogP contribution in [0.5, 0.6) is 0 Å². The van der Waals surface area contributed by atoms with Crippen LogP contribution in [0.2, 0.25) is 0 Å². The van der Waals surface area contributed by atoms with Gasteiger partial charge in [0.05, 0.1) is 0 Å². The van der Waals surface area contributed by atoms with Crippen molar-refractivity contribution in [1.29, 1.82) is 0 Å². The van der Waals surface area contributed by atoms with Crippen LogP contribution in [-0.2, 0) is 6.54 Å². The fraction of sp³-hybridized carbons (Fsp3) is 0.500. The van der Waals surface area contributed by atoms with Gasteiger partial charge in [-0.1, -0.05) is 18.2 Å². The smallest absolute Gasteiger partial charge is 0.0411 e. The molecule has 2 nitrogen and oxygen atoms in total. The lowest BCUT2D eigenvalue weighted by molar-refractivity contribution is 0.796. The molecule has 0 spiro atoms. The molecule has 0 aromatic heterocycles. The molecular formula is C12H20N2. The molecule has 0 saturated carbocycles. The lowest BCUT2D eigenvalue weighted by Crippen LogP contribution is -2.24. The average Bonchev–Trinajstić information content (AvgIpc) is 2.23. The Morgan fingerprint density at radius 3 is 2.36 bits per heavy atom. The largest absolute Gasteiger partial charge is 0.372 e. The molecule has 0 bridgehead atoms. The second-order valence-corrected chi connectivity index (χ2v) is 3.33. The zero-order valence-electron chi connectivity index (χ0n) is 9.38. The van der Waals surface area contributed by atoms with E-state index in [1.807, 2.05) is 7.05 Å². The fourth-order valence-corrected chi connectivity index (χ4v) is 1.72. The molecule has 1 rings (SSSR count). The molecule has 14 heavy (non-hydrogen) atoms. The highest BCUT2D eigenvalue weighted by molar-refractivity contribution is 5.53. The van der Waals surface area contributed by atoms with Crippen LogP contribution in [-0.4, -0.2) is 20.1 Å². The van der Waals surface area contributed by atoms with Gasteiger partial charge in [0.1, 0.15) is 0 Å². The van der Waals surface area contributed by atoms with Crippen molar-refractivity contribution < 1.29 is 0 Å². The predicted molar refractivity (Wildman–Crippen MR) is 62.8 cm³/mol. The van der Waals surface area contributed by atoms with Gasteiger partial charge in [0.25, 0.3) is 0 Å². The maximum absolute atomic E-state index is 3.20. The van der Waals surface area contributed by atoms with Crippen LogP contribution in [0.1, 0.15) is 19.4 Å². The van der Waals surface area contributed by atoms with Crippen LogP contribution in [0.15, 0.2) is 24.3 Å². The van der Waals surface area contributed by atoms with Gasteiger partial charge in [0, 0.05) is 25.3 Å². The average molecular weight is 192 g/mol. The van der Waals surface area contributed by atoms with E-state index in [-0.39, 0.29) is 0 Å². The number of hydrogen-bond acceptors (Lipinski definition) is 2. The standard InChI is InChI=1S/C12H20N2/c1-4-14(5-2)12-9-7-6-8-11(12)10-13-3/h6-9,13H,4-5,10H2,1-3H3. The Morgan fingerprint density at radius 1 is 1.14 bits per heavy atom. The van der Waals surface area contributed by atoms with Gasteiger partial charge < -0.3 is 10.2 Å². The van der Waals surface area contributed by atoms with E-state index in [0.29, 0.717) is 0 Å². The van der Waals surface area contributed by atoms with Crippen LogP contribution in [0.3, 0.4) is 0 Å². The Kier molecular flexibility index (Phi) is 4.47. The van der Waals surface area contributed by atoms with Gasteiger partial charge >= 0.3 is 0 Å². The Balaban J connectivity index is 2.92. The highest BCUT2D eigenvalue weighted by Gasteiger charge is 2.05. The van der Waals surface area contributed by atoms with Gasteiger partial charge in [-0.2, -0.15) is 0 Å². The first kappa shape index (κ1) is 11.1. The summed E-state index contributed by atoms with van der Waals surface area (Å²) in [5, 5.41) is 3.20. The summed E-state index contributed by atoms with van der Waals surface area (Å²) in [4.78, 5) is 2.38. The molecule has 0 aliphatic heterocycles. The monoisotopic (exact) mass is 192 g/mol. The van der Waals surface area contributed by atoms with Crippen molar-refractivity contribution in [1.82, 2.24) is 5.32 Å². The maximum atomic E-state index is 3.20. The lowest BCUT2D eigenvalue weighted by atomic mass is 10.1. The van der Waals surface area contributed by atoms with Gasteiger partial charge in [-0.15, -0.1) is 0 Å². The van der Waals surface area contributed by atoms with Gasteiger partial charge in [0.15, 0.2) is 0 Å². The number of anilines is 1. The Hall–Kier alpha value is -1.02. The van der Waals surface area contributed by atoms with E-state index in [2.05, 4.69) is 48.3 Å². The molecule has 0 heterocycles. The number of para-hydroxylation sites is 1. The van der Waals surface area contributed by atoms with Crippen molar-refractivity contribution in [3.63, 3.8) is 0 Å². The van der Waals surface area contributed by atoms with Crippen molar-refractivity contribution in [2.45, 2.75) is 20.4 Å². The van der Waals surface area contributed by atoms with Crippen LogP contribution in [0, 0.1) is 0 Å². The summed E-state index contributed by atoms with van der Waals surface area (Å²) in [6.07, 6.45) is 0. The molecular weight excluding hydrogens is 172 g/mol. The van der Waals surface area contributed by atoms with Crippen molar-refractivity contribution in [3.8, 4) is 0 Å².